The number of pyridine rings is 2. The van der Waals surface area contributed by atoms with Crippen LogP contribution in [0.5, 0.6) is 0 Å². The minimum Gasteiger partial charge on any atom is -0.685 e. The van der Waals surface area contributed by atoms with Crippen molar-refractivity contribution >= 4 is 27.4 Å². The Labute approximate surface area is 277 Å². The Balaban J connectivity index is 0.000000176. The summed E-state index contributed by atoms with van der Waals surface area (Å²) in [6.07, 6.45) is 19.3. The van der Waals surface area contributed by atoms with Crippen molar-refractivity contribution in [3.05, 3.63) is 88.6 Å². The first-order valence-corrected chi connectivity index (χ1v) is 16.4. The standard InChI is InChI=1S/C22H17N2.C17H29N2.Ir/c1-13-11-14-8-10-24-21-16-6-7-18-15(5-4-9-23-18)20(16)22(2,3)17(12-13)19(14)21;1-14(18-16-9-5-3-6-10-16)13-15(2)19-17-11-7-4-8-12-17;/h4-5,7-12H,1-3H3;13,16-17H,3-12H2,1-2H3;/q2*-1;/b;14-13-,19-15?;. The summed E-state index contributed by atoms with van der Waals surface area (Å²) in [6, 6.07) is 17.5. The van der Waals surface area contributed by atoms with Crippen LogP contribution in [0, 0.1) is 13.0 Å². The predicted molar refractivity (Wildman–Crippen MR) is 182 cm³/mol. The fourth-order valence-corrected chi connectivity index (χ4v) is 7.58. The van der Waals surface area contributed by atoms with E-state index in [1.807, 2.05) is 24.5 Å². The molecule has 2 aromatic carbocycles. The van der Waals surface area contributed by atoms with Gasteiger partial charge in [0.1, 0.15) is 0 Å². The molecule has 0 aliphatic heterocycles. The number of aliphatic imine (C=N–C) groups is 1. The molecular formula is C39H46IrN4-2. The van der Waals surface area contributed by atoms with Crippen LogP contribution < -0.4 is 0 Å². The van der Waals surface area contributed by atoms with Crippen molar-refractivity contribution in [1.29, 1.82) is 0 Å². The summed E-state index contributed by atoms with van der Waals surface area (Å²) in [5.41, 5.74) is 9.29. The fraction of sp³-hybridized carbons (Fsp3) is 0.462. The number of rotatable bonds is 4. The molecule has 0 spiro atoms. The van der Waals surface area contributed by atoms with Gasteiger partial charge in [0.05, 0.1) is 6.04 Å². The molecule has 0 atom stereocenters. The van der Waals surface area contributed by atoms with Crippen LogP contribution in [0.2, 0.25) is 0 Å². The Hall–Kier alpha value is -2.88. The summed E-state index contributed by atoms with van der Waals surface area (Å²) in [5, 5.41) is 8.57. The number of hydrogen-bond donors (Lipinski definition) is 0. The van der Waals surface area contributed by atoms with E-state index in [0.29, 0.717) is 12.1 Å². The van der Waals surface area contributed by atoms with Gasteiger partial charge < -0.3 is 15.3 Å². The molecule has 1 radical (unpaired) electrons. The molecule has 2 fully saturated rings. The van der Waals surface area contributed by atoms with Crippen LogP contribution in [0.25, 0.3) is 38.2 Å². The summed E-state index contributed by atoms with van der Waals surface area (Å²) in [6.45, 7) is 11.0. The van der Waals surface area contributed by atoms with Gasteiger partial charge in [-0.05, 0) is 71.8 Å². The second kappa shape index (κ2) is 14.0. The molecule has 2 heterocycles. The van der Waals surface area contributed by atoms with Gasteiger partial charge in [0.25, 0.3) is 0 Å². The van der Waals surface area contributed by atoms with Crippen LogP contribution >= 0.6 is 0 Å². The molecule has 0 saturated heterocycles. The molecule has 0 N–H and O–H groups in total. The van der Waals surface area contributed by atoms with E-state index in [4.69, 9.17) is 15.3 Å². The topological polar surface area (TPSA) is 52.2 Å². The normalized spacial score (nSPS) is 18.7. The van der Waals surface area contributed by atoms with Crippen molar-refractivity contribution in [2.75, 3.05) is 0 Å². The van der Waals surface area contributed by atoms with E-state index in [-0.39, 0.29) is 25.5 Å². The van der Waals surface area contributed by atoms with Gasteiger partial charge in [-0.2, -0.15) is 5.70 Å². The van der Waals surface area contributed by atoms with Crippen LogP contribution in [-0.4, -0.2) is 27.8 Å². The average Bonchev–Trinajstić information content (AvgIpc) is 3.00. The molecule has 3 aliphatic rings. The van der Waals surface area contributed by atoms with Crippen LogP contribution in [0.15, 0.2) is 65.6 Å². The average molecular weight is 763 g/mol. The maximum absolute atomic E-state index is 4.85. The minimum absolute atomic E-state index is 0. The van der Waals surface area contributed by atoms with E-state index in [9.17, 15) is 0 Å². The molecule has 5 heteroatoms. The van der Waals surface area contributed by atoms with Gasteiger partial charge in [0, 0.05) is 38.2 Å². The zero-order chi connectivity index (χ0) is 30.0. The first-order chi connectivity index (χ1) is 20.8. The third-order valence-corrected chi connectivity index (χ3v) is 9.59. The predicted octanol–water partition coefficient (Wildman–Crippen LogP) is 10.6. The summed E-state index contributed by atoms with van der Waals surface area (Å²) >= 11 is 0. The monoisotopic (exact) mass is 763 g/mol. The molecule has 4 nitrogen and oxygen atoms in total. The van der Waals surface area contributed by atoms with Gasteiger partial charge in [-0.3, -0.25) is 4.99 Å². The van der Waals surface area contributed by atoms with E-state index >= 15 is 0 Å². The molecule has 7 rings (SSSR count). The third-order valence-electron chi connectivity index (χ3n) is 9.59. The van der Waals surface area contributed by atoms with Crippen molar-refractivity contribution in [1.82, 2.24) is 9.97 Å². The molecule has 0 amide bonds. The molecule has 3 aliphatic carbocycles. The molecule has 233 valence electrons. The second-order valence-corrected chi connectivity index (χ2v) is 13.4. The summed E-state index contributed by atoms with van der Waals surface area (Å²) < 4.78 is 0. The molecule has 2 saturated carbocycles. The van der Waals surface area contributed by atoms with Crippen molar-refractivity contribution < 1.29 is 20.1 Å². The molecule has 0 unspecified atom stereocenters. The molecular weight excluding hydrogens is 717 g/mol. The van der Waals surface area contributed by atoms with E-state index < -0.39 is 0 Å². The largest absolute Gasteiger partial charge is 0.685 e. The first kappa shape index (κ1) is 32.5. The zero-order valence-electron chi connectivity index (χ0n) is 27.0. The van der Waals surface area contributed by atoms with Crippen molar-refractivity contribution in [2.24, 2.45) is 4.99 Å². The quantitative estimate of drug-likeness (QED) is 0.154. The Morgan fingerprint density at radius 2 is 1.68 bits per heavy atom. The van der Waals surface area contributed by atoms with Gasteiger partial charge in [0.15, 0.2) is 0 Å². The van der Waals surface area contributed by atoms with Gasteiger partial charge in [0.2, 0.25) is 0 Å². The number of benzene rings is 2. The Bertz CT molecular complexity index is 1670. The third kappa shape index (κ3) is 6.85. The number of hydrogen-bond acceptors (Lipinski definition) is 3. The smallest absolute Gasteiger partial charge is 0.0502 e. The van der Waals surface area contributed by atoms with E-state index in [1.54, 1.807) is 0 Å². The summed E-state index contributed by atoms with van der Waals surface area (Å²) in [5.74, 6) is 0. The Kier molecular flexibility index (Phi) is 10.4. The number of allylic oxidation sites excluding steroid dienone is 2. The maximum atomic E-state index is 4.85. The number of nitrogens with zero attached hydrogens (tertiary/aromatic N) is 4. The van der Waals surface area contributed by atoms with Crippen molar-refractivity contribution in [3.8, 4) is 11.3 Å². The zero-order valence-corrected chi connectivity index (χ0v) is 29.4. The van der Waals surface area contributed by atoms with Gasteiger partial charge in [-0.15, -0.1) is 29.3 Å². The summed E-state index contributed by atoms with van der Waals surface area (Å²) in [7, 11) is 0. The van der Waals surface area contributed by atoms with Crippen LogP contribution in [0.1, 0.15) is 109 Å². The Morgan fingerprint density at radius 1 is 0.955 bits per heavy atom. The van der Waals surface area contributed by atoms with E-state index in [0.717, 1.165) is 16.8 Å². The number of aryl methyl sites for hydroxylation is 1. The molecule has 4 aromatic rings. The minimum atomic E-state index is -0.116. The van der Waals surface area contributed by atoms with Crippen LogP contribution in [0.3, 0.4) is 0 Å². The van der Waals surface area contributed by atoms with Crippen molar-refractivity contribution in [3.63, 3.8) is 0 Å². The van der Waals surface area contributed by atoms with Crippen LogP contribution in [0.4, 0.5) is 0 Å². The second-order valence-electron chi connectivity index (χ2n) is 13.4. The fourth-order valence-electron chi connectivity index (χ4n) is 7.58. The van der Waals surface area contributed by atoms with Gasteiger partial charge in [-0.25, -0.2) is 0 Å². The van der Waals surface area contributed by atoms with Gasteiger partial charge >= 0.3 is 0 Å². The Morgan fingerprint density at radius 3 is 2.43 bits per heavy atom. The maximum Gasteiger partial charge on any atom is 0.0502 e. The molecule has 44 heavy (non-hydrogen) atoms. The molecule has 0 bridgehead atoms. The van der Waals surface area contributed by atoms with Crippen molar-refractivity contribution in [2.45, 2.75) is 116 Å². The van der Waals surface area contributed by atoms with Gasteiger partial charge in [-0.1, -0.05) is 107 Å². The SMILES string of the molecule is CC(/C=C(/C)[N-]C1CCCCC1)=NC1CCCCC1.Cc1cc2c3c(nccc3c1)-c1[c-]cc3ncccc3c1C2(C)C.[Ir]. The number of fused-ring (bicyclic) bond motifs is 4. The van der Waals surface area contributed by atoms with E-state index in [1.165, 1.54) is 108 Å². The first-order valence-electron chi connectivity index (χ1n) is 16.4. The van der Waals surface area contributed by atoms with Crippen LogP contribution in [-0.2, 0) is 25.5 Å². The molecule has 2 aromatic heterocycles. The summed E-state index contributed by atoms with van der Waals surface area (Å²) in [4.78, 5) is 14.1. The number of aromatic nitrogens is 2. The van der Waals surface area contributed by atoms with E-state index in [2.05, 4.69) is 76.0 Å².